The Morgan fingerprint density at radius 2 is 2.06 bits per heavy atom. The van der Waals surface area contributed by atoms with Crippen molar-refractivity contribution in [1.82, 2.24) is 5.32 Å². The van der Waals surface area contributed by atoms with E-state index in [1.807, 2.05) is 6.92 Å². The first-order chi connectivity index (χ1) is 8.24. The summed E-state index contributed by atoms with van der Waals surface area (Å²) in [6.45, 7) is 4.59. The standard InChI is InChI=1S/C13H18ClNO2/c1-2-17-9-3-8-15-10-13(16)11-4-6-12(14)7-5-11/h4-7,15H,2-3,8-10H2,1H3. The Balaban J connectivity index is 2.19. The van der Waals surface area contributed by atoms with Gasteiger partial charge in [0, 0.05) is 23.8 Å². The second-order valence-corrected chi connectivity index (χ2v) is 4.09. The van der Waals surface area contributed by atoms with Crippen LogP contribution in [0, 0.1) is 0 Å². The minimum absolute atomic E-state index is 0.0816. The molecule has 0 bridgehead atoms. The Kier molecular flexibility index (Phi) is 6.86. The van der Waals surface area contributed by atoms with Crippen LogP contribution in [-0.4, -0.2) is 32.1 Å². The number of ether oxygens (including phenoxy) is 1. The Hall–Kier alpha value is -0.900. The van der Waals surface area contributed by atoms with E-state index in [4.69, 9.17) is 16.3 Å². The van der Waals surface area contributed by atoms with Crippen molar-refractivity contribution >= 4 is 17.4 Å². The first kappa shape index (κ1) is 14.2. The Labute approximate surface area is 107 Å². The first-order valence-corrected chi connectivity index (χ1v) is 6.19. The second-order valence-electron chi connectivity index (χ2n) is 3.66. The van der Waals surface area contributed by atoms with Crippen molar-refractivity contribution in [3.8, 4) is 0 Å². The quantitative estimate of drug-likeness (QED) is 0.573. The first-order valence-electron chi connectivity index (χ1n) is 5.81. The van der Waals surface area contributed by atoms with Crippen molar-refractivity contribution in [1.29, 1.82) is 0 Å². The van der Waals surface area contributed by atoms with Crippen LogP contribution in [0.5, 0.6) is 0 Å². The van der Waals surface area contributed by atoms with Gasteiger partial charge in [-0.25, -0.2) is 0 Å². The minimum Gasteiger partial charge on any atom is -0.382 e. The SMILES string of the molecule is CCOCCCNCC(=O)c1ccc(Cl)cc1. The maximum atomic E-state index is 11.7. The van der Waals surface area contributed by atoms with Gasteiger partial charge in [-0.2, -0.15) is 0 Å². The van der Waals surface area contributed by atoms with Gasteiger partial charge >= 0.3 is 0 Å². The fourth-order valence-electron chi connectivity index (χ4n) is 1.38. The molecule has 0 aromatic heterocycles. The summed E-state index contributed by atoms with van der Waals surface area (Å²) in [5, 5.41) is 3.74. The van der Waals surface area contributed by atoms with E-state index in [1.54, 1.807) is 24.3 Å². The van der Waals surface area contributed by atoms with E-state index < -0.39 is 0 Å². The molecular formula is C13H18ClNO2. The maximum absolute atomic E-state index is 11.7. The summed E-state index contributed by atoms with van der Waals surface area (Å²) in [7, 11) is 0. The van der Waals surface area contributed by atoms with E-state index in [2.05, 4.69) is 5.32 Å². The molecule has 0 saturated carbocycles. The molecule has 0 spiro atoms. The van der Waals surface area contributed by atoms with Gasteiger partial charge in [-0.15, -0.1) is 0 Å². The van der Waals surface area contributed by atoms with Crippen LogP contribution < -0.4 is 5.32 Å². The molecule has 0 saturated heterocycles. The van der Waals surface area contributed by atoms with Crippen LogP contribution in [0.25, 0.3) is 0 Å². The fourth-order valence-corrected chi connectivity index (χ4v) is 1.51. The monoisotopic (exact) mass is 255 g/mol. The predicted octanol–water partition coefficient (Wildman–Crippen LogP) is 2.54. The number of hydrogen-bond acceptors (Lipinski definition) is 3. The molecule has 0 radical (unpaired) electrons. The highest BCUT2D eigenvalue weighted by atomic mass is 35.5. The van der Waals surface area contributed by atoms with Crippen molar-refractivity contribution in [3.63, 3.8) is 0 Å². The Morgan fingerprint density at radius 1 is 1.35 bits per heavy atom. The van der Waals surface area contributed by atoms with Gasteiger partial charge in [0.15, 0.2) is 5.78 Å². The van der Waals surface area contributed by atoms with Crippen molar-refractivity contribution < 1.29 is 9.53 Å². The van der Waals surface area contributed by atoms with Crippen molar-refractivity contribution in [2.45, 2.75) is 13.3 Å². The van der Waals surface area contributed by atoms with Crippen LogP contribution in [0.15, 0.2) is 24.3 Å². The van der Waals surface area contributed by atoms with Crippen LogP contribution in [0.1, 0.15) is 23.7 Å². The predicted molar refractivity (Wildman–Crippen MR) is 69.8 cm³/mol. The molecule has 0 aliphatic heterocycles. The fraction of sp³-hybridized carbons (Fsp3) is 0.462. The number of ketones is 1. The topological polar surface area (TPSA) is 38.3 Å². The van der Waals surface area contributed by atoms with E-state index in [1.165, 1.54) is 0 Å². The average Bonchev–Trinajstić information content (AvgIpc) is 2.34. The average molecular weight is 256 g/mol. The number of Topliss-reactive ketones (excluding diaryl/α,β-unsaturated/α-hetero) is 1. The van der Waals surface area contributed by atoms with Crippen LogP contribution in [0.4, 0.5) is 0 Å². The Morgan fingerprint density at radius 3 is 2.71 bits per heavy atom. The van der Waals surface area contributed by atoms with E-state index in [9.17, 15) is 4.79 Å². The highest BCUT2D eigenvalue weighted by Crippen LogP contribution is 2.09. The molecule has 0 heterocycles. The molecule has 1 N–H and O–H groups in total. The number of nitrogens with one attached hydrogen (secondary N) is 1. The molecule has 0 amide bonds. The van der Waals surface area contributed by atoms with Crippen LogP contribution in [-0.2, 0) is 4.74 Å². The zero-order valence-corrected chi connectivity index (χ0v) is 10.8. The minimum atomic E-state index is 0.0816. The number of carbonyl (C=O) groups is 1. The molecule has 4 heteroatoms. The second kappa shape index (κ2) is 8.23. The molecule has 1 rings (SSSR count). The molecular weight excluding hydrogens is 238 g/mol. The number of benzene rings is 1. The molecule has 0 fully saturated rings. The van der Waals surface area contributed by atoms with Gasteiger partial charge in [0.1, 0.15) is 0 Å². The van der Waals surface area contributed by atoms with Crippen LogP contribution >= 0.6 is 11.6 Å². The molecule has 1 aromatic carbocycles. The van der Waals surface area contributed by atoms with Gasteiger partial charge in [0.05, 0.1) is 6.54 Å². The van der Waals surface area contributed by atoms with Gasteiger partial charge in [-0.1, -0.05) is 11.6 Å². The van der Waals surface area contributed by atoms with Gasteiger partial charge in [-0.3, -0.25) is 4.79 Å². The van der Waals surface area contributed by atoms with Gasteiger partial charge < -0.3 is 10.1 Å². The molecule has 0 unspecified atom stereocenters. The van der Waals surface area contributed by atoms with E-state index >= 15 is 0 Å². The van der Waals surface area contributed by atoms with Crippen LogP contribution in [0.3, 0.4) is 0 Å². The summed E-state index contributed by atoms with van der Waals surface area (Å²) in [4.78, 5) is 11.7. The van der Waals surface area contributed by atoms with Crippen molar-refractivity contribution in [3.05, 3.63) is 34.9 Å². The summed E-state index contributed by atoms with van der Waals surface area (Å²) in [6.07, 6.45) is 0.918. The maximum Gasteiger partial charge on any atom is 0.176 e. The lowest BCUT2D eigenvalue weighted by molar-refractivity contribution is 0.0988. The van der Waals surface area contributed by atoms with Crippen LogP contribution in [0.2, 0.25) is 5.02 Å². The van der Waals surface area contributed by atoms with Gasteiger partial charge in [-0.05, 0) is 44.2 Å². The molecule has 0 aliphatic rings. The summed E-state index contributed by atoms with van der Waals surface area (Å²) < 4.78 is 5.20. The van der Waals surface area contributed by atoms with Crippen molar-refractivity contribution in [2.24, 2.45) is 0 Å². The van der Waals surface area contributed by atoms with E-state index in [-0.39, 0.29) is 5.78 Å². The van der Waals surface area contributed by atoms with E-state index in [0.29, 0.717) is 17.1 Å². The van der Waals surface area contributed by atoms with E-state index in [0.717, 1.165) is 26.2 Å². The Bertz CT molecular complexity index is 338. The third-order valence-electron chi connectivity index (χ3n) is 2.30. The lowest BCUT2D eigenvalue weighted by Gasteiger charge is -2.04. The van der Waals surface area contributed by atoms with Crippen molar-refractivity contribution in [2.75, 3.05) is 26.3 Å². The molecule has 17 heavy (non-hydrogen) atoms. The summed E-state index contributed by atoms with van der Waals surface area (Å²) in [5.41, 5.74) is 0.687. The third kappa shape index (κ3) is 5.82. The smallest absolute Gasteiger partial charge is 0.176 e. The third-order valence-corrected chi connectivity index (χ3v) is 2.55. The van der Waals surface area contributed by atoms with Gasteiger partial charge in [0.25, 0.3) is 0 Å². The normalized spacial score (nSPS) is 10.5. The summed E-state index contributed by atoms with van der Waals surface area (Å²) in [5.74, 6) is 0.0816. The molecule has 3 nitrogen and oxygen atoms in total. The lowest BCUT2D eigenvalue weighted by Crippen LogP contribution is -2.24. The number of carbonyl (C=O) groups excluding carboxylic acids is 1. The summed E-state index contributed by atoms with van der Waals surface area (Å²) in [6, 6.07) is 6.94. The number of hydrogen-bond donors (Lipinski definition) is 1. The molecule has 1 aromatic rings. The summed E-state index contributed by atoms with van der Waals surface area (Å²) >= 11 is 5.75. The number of halogens is 1. The molecule has 0 atom stereocenters. The molecule has 0 aliphatic carbocycles. The number of rotatable bonds is 8. The highest BCUT2D eigenvalue weighted by molar-refractivity contribution is 6.30. The molecule has 94 valence electrons. The lowest BCUT2D eigenvalue weighted by atomic mass is 10.1. The largest absolute Gasteiger partial charge is 0.382 e. The zero-order valence-electron chi connectivity index (χ0n) is 10.0. The van der Waals surface area contributed by atoms with Gasteiger partial charge in [0.2, 0.25) is 0 Å². The highest BCUT2D eigenvalue weighted by Gasteiger charge is 2.04. The zero-order chi connectivity index (χ0) is 12.5.